The maximum absolute atomic E-state index is 12.5. The zero-order chi connectivity index (χ0) is 19.2. The maximum Gasteiger partial charge on any atom is 0.251 e. The van der Waals surface area contributed by atoms with Gasteiger partial charge in [0.05, 0.1) is 7.11 Å². The van der Waals surface area contributed by atoms with Crippen molar-refractivity contribution in [2.24, 2.45) is 0 Å². The molecule has 0 saturated carbocycles. The lowest BCUT2D eigenvalue weighted by molar-refractivity contribution is 0.0950. The number of methoxy groups -OCH3 is 1. The molecule has 0 aliphatic rings. The zero-order valence-electron chi connectivity index (χ0n) is 15.7. The van der Waals surface area contributed by atoms with Gasteiger partial charge in [-0.25, -0.2) is 4.98 Å². The van der Waals surface area contributed by atoms with Gasteiger partial charge in [0.25, 0.3) is 5.91 Å². The number of benzene rings is 2. The van der Waals surface area contributed by atoms with Gasteiger partial charge in [-0.1, -0.05) is 35.4 Å². The summed E-state index contributed by atoms with van der Waals surface area (Å²) in [6.07, 6.45) is 1.65. The summed E-state index contributed by atoms with van der Waals surface area (Å²) in [5, 5.41) is 2.93. The molecule has 1 aromatic heterocycles. The van der Waals surface area contributed by atoms with Gasteiger partial charge in [-0.2, -0.15) is 0 Å². The number of carbonyl (C=O) groups is 1. The molecule has 0 fully saturated rings. The Labute approximate surface area is 159 Å². The van der Waals surface area contributed by atoms with Gasteiger partial charge in [-0.05, 0) is 44.2 Å². The summed E-state index contributed by atoms with van der Waals surface area (Å²) in [5.74, 6) is 1.49. The molecule has 5 heteroatoms. The zero-order valence-corrected chi connectivity index (χ0v) is 15.7. The molecular formula is C22H22N2O3. The Morgan fingerprint density at radius 2 is 1.70 bits per heavy atom. The van der Waals surface area contributed by atoms with Gasteiger partial charge in [-0.15, -0.1) is 0 Å². The summed E-state index contributed by atoms with van der Waals surface area (Å²) in [4.78, 5) is 16.8. The van der Waals surface area contributed by atoms with Gasteiger partial charge in [0.1, 0.15) is 0 Å². The predicted octanol–water partition coefficient (Wildman–Crippen LogP) is 4.43. The third-order valence-corrected chi connectivity index (χ3v) is 4.05. The summed E-state index contributed by atoms with van der Waals surface area (Å²) in [6.45, 7) is 4.26. The third-order valence-electron chi connectivity index (χ3n) is 4.05. The first kappa shape index (κ1) is 18.5. The molecule has 1 N–H and O–H groups in total. The fraction of sp³-hybridized carbons (Fsp3) is 0.182. The summed E-state index contributed by atoms with van der Waals surface area (Å²) < 4.78 is 11.2. The fourth-order valence-corrected chi connectivity index (χ4v) is 2.84. The van der Waals surface area contributed by atoms with Crippen molar-refractivity contribution in [3.63, 3.8) is 0 Å². The van der Waals surface area contributed by atoms with Crippen molar-refractivity contribution < 1.29 is 14.3 Å². The normalized spacial score (nSPS) is 10.3. The third kappa shape index (κ3) is 4.64. The Hall–Kier alpha value is -3.34. The van der Waals surface area contributed by atoms with E-state index in [-0.39, 0.29) is 5.91 Å². The minimum Gasteiger partial charge on any atom is -0.493 e. The van der Waals surface area contributed by atoms with Crippen LogP contribution in [0.15, 0.2) is 60.8 Å². The van der Waals surface area contributed by atoms with Crippen LogP contribution < -0.4 is 14.8 Å². The van der Waals surface area contributed by atoms with E-state index in [4.69, 9.17) is 9.47 Å². The van der Waals surface area contributed by atoms with Crippen molar-refractivity contribution in [1.82, 2.24) is 10.3 Å². The lowest BCUT2D eigenvalue weighted by Crippen LogP contribution is -2.23. The van der Waals surface area contributed by atoms with Gasteiger partial charge < -0.3 is 14.8 Å². The maximum atomic E-state index is 12.5. The van der Waals surface area contributed by atoms with Crippen molar-refractivity contribution in [3.8, 4) is 17.4 Å². The average molecular weight is 362 g/mol. The Balaban J connectivity index is 1.75. The first-order valence-corrected chi connectivity index (χ1v) is 8.68. The SMILES string of the molecule is COc1ccccc1Oc1ncccc1CNC(=O)c1cc(C)cc(C)c1. The van der Waals surface area contributed by atoms with Crippen LogP contribution in [0, 0.1) is 13.8 Å². The van der Waals surface area contributed by atoms with E-state index in [1.54, 1.807) is 13.3 Å². The van der Waals surface area contributed by atoms with Crippen LogP contribution in [-0.4, -0.2) is 18.0 Å². The van der Waals surface area contributed by atoms with Crippen molar-refractivity contribution >= 4 is 5.91 Å². The van der Waals surface area contributed by atoms with Crippen molar-refractivity contribution in [2.75, 3.05) is 7.11 Å². The Morgan fingerprint density at radius 1 is 1.00 bits per heavy atom. The monoisotopic (exact) mass is 362 g/mol. The number of nitrogens with zero attached hydrogens (tertiary/aromatic N) is 1. The van der Waals surface area contributed by atoms with E-state index in [9.17, 15) is 4.79 Å². The smallest absolute Gasteiger partial charge is 0.251 e. The van der Waals surface area contributed by atoms with E-state index < -0.39 is 0 Å². The predicted molar refractivity (Wildman–Crippen MR) is 104 cm³/mol. The molecule has 0 aliphatic carbocycles. The largest absolute Gasteiger partial charge is 0.493 e. The molecule has 3 rings (SSSR count). The number of para-hydroxylation sites is 2. The fourth-order valence-electron chi connectivity index (χ4n) is 2.84. The number of aryl methyl sites for hydroxylation is 2. The van der Waals surface area contributed by atoms with Crippen LogP contribution in [0.2, 0.25) is 0 Å². The van der Waals surface area contributed by atoms with Gasteiger partial charge in [0.2, 0.25) is 5.88 Å². The number of carbonyl (C=O) groups excluding carboxylic acids is 1. The number of hydrogen-bond acceptors (Lipinski definition) is 4. The van der Waals surface area contributed by atoms with E-state index in [1.165, 1.54) is 0 Å². The second kappa shape index (κ2) is 8.36. The number of ether oxygens (including phenoxy) is 2. The van der Waals surface area contributed by atoms with Crippen molar-refractivity contribution in [1.29, 1.82) is 0 Å². The summed E-state index contributed by atoms with van der Waals surface area (Å²) in [6, 6.07) is 16.8. The minimum absolute atomic E-state index is 0.131. The highest BCUT2D eigenvalue weighted by atomic mass is 16.5. The van der Waals surface area contributed by atoms with Gasteiger partial charge in [0.15, 0.2) is 11.5 Å². The Bertz CT molecular complexity index is 934. The first-order chi connectivity index (χ1) is 13.1. The number of aromatic nitrogens is 1. The number of amides is 1. The van der Waals surface area contributed by atoms with Crippen LogP contribution in [0.5, 0.6) is 17.4 Å². The molecule has 0 bridgehead atoms. The number of hydrogen-bond donors (Lipinski definition) is 1. The highest BCUT2D eigenvalue weighted by Crippen LogP contribution is 2.31. The second-order valence-corrected chi connectivity index (χ2v) is 6.28. The Morgan fingerprint density at radius 3 is 2.41 bits per heavy atom. The van der Waals surface area contributed by atoms with E-state index in [1.807, 2.05) is 68.4 Å². The van der Waals surface area contributed by atoms with Gasteiger partial charge in [-0.3, -0.25) is 4.79 Å². The van der Waals surface area contributed by atoms with Crippen molar-refractivity contribution in [2.45, 2.75) is 20.4 Å². The van der Waals surface area contributed by atoms with Crippen LogP contribution in [0.1, 0.15) is 27.0 Å². The quantitative estimate of drug-likeness (QED) is 0.705. The number of pyridine rings is 1. The summed E-state index contributed by atoms with van der Waals surface area (Å²) in [5.41, 5.74) is 3.54. The van der Waals surface area contributed by atoms with Gasteiger partial charge >= 0.3 is 0 Å². The van der Waals surface area contributed by atoms with E-state index in [0.717, 1.165) is 16.7 Å². The van der Waals surface area contributed by atoms with Crippen LogP contribution in [0.25, 0.3) is 0 Å². The topological polar surface area (TPSA) is 60.5 Å². The molecule has 0 atom stereocenters. The molecule has 3 aromatic rings. The summed E-state index contributed by atoms with van der Waals surface area (Å²) >= 11 is 0. The van der Waals surface area contributed by atoms with E-state index in [2.05, 4.69) is 10.3 Å². The average Bonchev–Trinajstić information content (AvgIpc) is 2.66. The highest BCUT2D eigenvalue weighted by molar-refractivity contribution is 5.94. The molecule has 138 valence electrons. The first-order valence-electron chi connectivity index (χ1n) is 8.68. The number of rotatable bonds is 6. The molecule has 1 heterocycles. The lowest BCUT2D eigenvalue weighted by atomic mass is 10.1. The molecule has 2 aromatic carbocycles. The van der Waals surface area contributed by atoms with Crippen LogP contribution >= 0.6 is 0 Å². The highest BCUT2D eigenvalue weighted by Gasteiger charge is 2.12. The summed E-state index contributed by atoms with van der Waals surface area (Å²) in [7, 11) is 1.59. The molecule has 0 unspecified atom stereocenters. The van der Waals surface area contributed by atoms with Crippen LogP contribution in [0.3, 0.4) is 0 Å². The second-order valence-electron chi connectivity index (χ2n) is 6.28. The molecule has 0 saturated heterocycles. The minimum atomic E-state index is -0.131. The molecule has 27 heavy (non-hydrogen) atoms. The molecule has 0 spiro atoms. The van der Waals surface area contributed by atoms with Crippen LogP contribution in [0.4, 0.5) is 0 Å². The molecule has 1 amide bonds. The molecular weight excluding hydrogens is 340 g/mol. The van der Waals surface area contributed by atoms with Crippen LogP contribution in [-0.2, 0) is 6.54 Å². The molecule has 0 aliphatic heterocycles. The van der Waals surface area contributed by atoms with Gasteiger partial charge in [0, 0.05) is 23.9 Å². The number of nitrogens with one attached hydrogen (secondary N) is 1. The van der Waals surface area contributed by atoms with Crippen molar-refractivity contribution in [3.05, 3.63) is 83.0 Å². The molecule has 0 radical (unpaired) electrons. The molecule has 5 nitrogen and oxygen atoms in total. The lowest BCUT2D eigenvalue weighted by Gasteiger charge is -2.13. The standard InChI is InChI=1S/C22H22N2O3/c1-15-11-16(2)13-18(12-15)21(25)24-14-17-7-6-10-23-22(17)27-20-9-5-4-8-19(20)26-3/h4-13H,14H2,1-3H3,(H,24,25). The van der Waals surface area contributed by atoms with E-state index in [0.29, 0.717) is 29.5 Å². The van der Waals surface area contributed by atoms with E-state index >= 15 is 0 Å². The Kier molecular flexibility index (Phi) is 5.71.